The molecule has 0 fully saturated rings. The zero-order valence-electron chi connectivity index (χ0n) is 10.4. The molecule has 0 atom stereocenters. The van der Waals surface area contributed by atoms with E-state index in [0.29, 0.717) is 0 Å². The smallest absolute Gasteiger partial charge is 0.159 e. The number of imidazole rings is 1. The molecule has 0 aliphatic carbocycles. The van der Waals surface area contributed by atoms with E-state index in [0.717, 1.165) is 28.2 Å². The third-order valence-corrected chi connectivity index (χ3v) is 3.04. The van der Waals surface area contributed by atoms with E-state index in [2.05, 4.69) is 27.4 Å². The van der Waals surface area contributed by atoms with Gasteiger partial charge >= 0.3 is 0 Å². The van der Waals surface area contributed by atoms with Crippen LogP contribution in [0.15, 0.2) is 42.6 Å². The molecule has 2 heterocycles. The molecule has 1 N–H and O–H groups in total. The minimum atomic E-state index is 0.905. The molecule has 18 heavy (non-hydrogen) atoms. The molecule has 0 saturated carbocycles. The predicted octanol–water partition coefficient (Wildman–Crippen LogP) is 2.68. The van der Waals surface area contributed by atoms with Crippen LogP contribution in [0.1, 0.15) is 0 Å². The van der Waals surface area contributed by atoms with Crippen molar-refractivity contribution in [1.82, 2.24) is 14.5 Å². The largest absolute Gasteiger partial charge is 0.388 e. The molecule has 1 aromatic carbocycles. The first-order valence-electron chi connectivity index (χ1n) is 5.85. The van der Waals surface area contributed by atoms with Gasteiger partial charge in [-0.2, -0.15) is 0 Å². The molecule has 3 aromatic rings. The molecule has 3 rings (SSSR count). The standard InChI is InChI=1S/C14H14N4/c1-15-11-6-3-5-10(9-11)13-17-12-7-4-8-16-14(12)18(13)2/h3-9,15H,1-2H3. The number of hydrogen-bond donors (Lipinski definition) is 1. The molecule has 0 aliphatic rings. The lowest BCUT2D eigenvalue weighted by Gasteiger charge is -2.04. The van der Waals surface area contributed by atoms with E-state index in [1.807, 2.05) is 42.9 Å². The van der Waals surface area contributed by atoms with Gasteiger partial charge in [0, 0.05) is 31.5 Å². The molecule has 2 aromatic heterocycles. The lowest BCUT2D eigenvalue weighted by molar-refractivity contribution is 0.942. The van der Waals surface area contributed by atoms with Crippen LogP contribution in [0.5, 0.6) is 0 Å². The van der Waals surface area contributed by atoms with Crippen LogP contribution in [0.3, 0.4) is 0 Å². The summed E-state index contributed by atoms with van der Waals surface area (Å²) in [5, 5.41) is 3.14. The predicted molar refractivity (Wildman–Crippen MR) is 73.5 cm³/mol. The van der Waals surface area contributed by atoms with Crippen LogP contribution in [-0.4, -0.2) is 21.6 Å². The molecule has 0 amide bonds. The van der Waals surface area contributed by atoms with Crippen molar-refractivity contribution in [3.05, 3.63) is 42.6 Å². The molecule has 0 unspecified atom stereocenters. The Labute approximate surface area is 105 Å². The summed E-state index contributed by atoms with van der Waals surface area (Å²) >= 11 is 0. The average molecular weight is 238 g/mol. The summed E-state index contributed by atoms with van der Waals surface area (Å²) in [7, 11) is 3.90. The number of rotatable bonds is 2. The highest BCUT2D eigenvalue weighted by Crippen LogP contribution is 2.24. The Morgan fingerprint density at radius 3 is 2.83 bits per heavy atom. The molecule has 0 spiro atoms. The van der Waals surface area contributed by atoms with Gasteiger partial charge in [-0.3, -0.25) is 0 Å². The number of benzene rings is 1. The highest BCUT2D eigenvalue weighted by molar-refractivity contribution is 5.77. The summed E-state index contributed by atoms with van der Waals surface area (Å²) < 4.78 is 2.02. The first-order chi connectivity index (χ1) is 8.79. The van der Waals surface area contributed by atoms with Gasteiger partial charge < -0.3 is 9.88 Å². The van der Waals surface area contributed by atoms with Gasteiger partial charge in [-0.15, -0.1) is 0 Å². The van der Waals surface area contributed by atoms with Crippen LogP contribution < -0.4 is 5.32 Å². The Morgan fingerprint density at radius 2 is 2.06 bits per heavy atom. The third-order valence-electron chi connectivity index (χ3n) is 3.04. The van der Waals surface area contributed by atoms with Crippen molar-refractivity contribution in [2.45, 2.75) is 0 Å². The topological polar surface area (TPSA) is 42.7 Å². The summed E-state index contributed by atoms with van der Waals surface area (Å²) in [6.07, 6.45) is 1.79. The number of fused-ring (bicyclic) bond motifs is 1. The molecular weight excluding hydrogens is 224 g/mol. The van der Waals surface area contributed by atoms with Crippen LogP contribution in [0, 0.1) is 0 Å². The van der Waals surface area contributed by atoms with Crippen LogP contribution in [-0.2, 0) is 7.05 Å². The Balaban J connectivity index is 2.21. The van der Waals surface area contributed by atoms with Gasteiger partial charge in [-0.05, 0) is 24.3 Å². The van der Waals surface area contributed by atoms with E-state index >= 15 is 0 Å². The molecule has 0 radical (unpaired) electrons. The Kier molecular flexibility index (Phi) is 2.48. The van der Waals surface area contributed by atoms with Gasteiger partial charge in [0.25, 0.3) is 0 Å². The fourth-order valence-corrected chi connectivity index (χ4v) is 2.10. The highest BCUT2D eigenvalue weighted by Gasteiger charge is 2.10. The number of nitrogens with zero attached hydrogens (tertiary/aromatic N) is 3. The van der Waals surface area contributed by atoms with E-state index in [1.54, 1.807) is 6.20 Å². The minimum Gasteiger partial charge on any atom is -0.388 e. The second-order valence-corrected chi connectivity index (χ2v) is 4.17. The lowest BCUT2D eigenvalue weighted by atomic mass is 10.2. The van der Waals surface area contributed by atoms with Crippen molar-refractivity contribution in [3.8, 4) is 11.4 Å². The Bertz CT molecular complexity index is 700. The second kappa shape index (κ2) is 4.14. The Hall–Kier alpha value is -2.36. The van der Waals surface area contributed by atoms with Gasteiger partial charge in [-0.25, -0.2) is 9.97 Å². The van der Waals surface area contributed by atoms with Gasteiger partial charge in [-0.1, -0.05) is 12.1 Å². The maximum absolute atomic E-state index is 4.63. The van der Waals surface area contributed by atoms with Crippen molar-refractivity contribution in [2.75, 3.05) is 12.4 Å². The van der Waals surface area contributed by atoms with Crippen LogP contribution in [0.2, 0.25) is 0 Å². The summed E-state index contributed by atoms with van der Waals surface area (Å²) in [6.45, 7) is 0. The molecule has 0 bridgehead atoms. The zero-order chi connectivity index (χ0) is 12.5. The molecule has 4 heteroatoms. The number of nitrogens with one attached hydrogen (secondary N) is 1. The summed E-state index contributed by atoms with van der Waals surface area (Å²) in [6, 6.07) is 12.1. The lowest BCUT2D eigenvalue weighted by Crippen LogP contribution is -1.94. The van der Waals surface area contributed by atoms with Crippen molar-refractivity contribution < 1.29 is 0 Å². The molecular formula is C14H14N4. The average Bonchev–Trinajstić information content (AvgIpc) is 2.77. The van der Waals surface area contributed by atoms with E-state index in [1.165, 1.54) is 0 Å². The minimum absolute atomic E-state index is 0.905. The first kappa shape index (κ1) is 10.8. The van der Waals surface area contributed by atoms with Crippen LogP contribution in [0.25, 0.3) is 22.6 Å². The van der Waals surface area contributed by atoms with E-state index in [9.17, 15) is 0 Å². The first-order valence-corrected chi connectivity index (χ1v) is 5.85. The van der Waals surface area contributed by atoms with Crippen molar-refractivity contribution >= 4 is 16.9 Å². The third kappa shape index (κ3) is 1.62. The number of anilines is 1. The maximum atomic E-state index is 4.63. The number of aryl methyl sites for hydroxylation is 1. The fourth-order valence-electron chi connectivity index (χ4n) is 2.10. The van der Waals surface area contributed by atoms with Crippen LogP contribution >= 0.6 is 0 Å². The monoisotopic (exact) mass is 238 g/mol. The van der Waals surface area contributed by atoms with Gasteiger partial charge in [0.1, 0.15) is 11.3 Å². The molecule has 0 saturated heterocycles. The van der Waals surface area contributed by atoms with E-state index in [-0.39, 0.29) is 0 Å². The molecule has 4 nitrogen and oxygen atoms in total. The van der Waals surface area contributed by atoms with Crippen LogP contribution in [0.4, 0.5) is 5.69 Å². The number of pyridine rings is 1. The number of aromatic nitrogens is 3. The SMILES string of the molecule is CNc1cccc(-c2nc3cccnc3n2C)c1. The Morgan fingerprint density at radius 1 is 1.17 bits per heavy atom. The van der Waals surface area contributed by atoms with Gasteiger partial charge in [0.05, 0.1) is 0 Å². The van der Waals surface area contributed by atoms with Crippen molar-refractivity contribution in [3.63, 3.8) is 0 Å². The summed E-state index contributed by atoms with van der Waals surface area (Å²) in [5.41, 5.74) is 3.99. The molecule has 90 valence electrons. The van der Waals surface area contributed by atoms with E-state index in [4.69, 9.17) is 0 Å². The maximum Gasteiger partial charge on any atom is 0.159 e. The van der Waals surface area contributed by atoms with Crippen molar-refractivity contribution in [2.24, 2.45) is 7.05 Å². The van der Waals surface area contributed by atoms with Gasteiger partial charge in [0.2, 0.25) is 0 Å². The van der Waals surface area contributed by atoms with Gasteiger partial charge in [0.15, 0.2) is 5.65 Å². The van der Waals surface area contributed by atoms with Crippen molar-refractivity contribution in [1.29, 1.82) is 0 Å². The normalized spacial score (nSPS) is 10.8. The summed E-state index contributed by atoms with van der Waals surface area (Å²) in [5.74, 6) is 0.931. The fraction of sp³-hybridized carbons (Fsp3) is 0.143. The molecule has 0 aliphatic heterocycles. The highest BCUT2D eigenvalue weighted by atomic mass is 15.1. The number of hydrogen-bond acceptors (Lipinski definition) is 3. The van der Waals surface area contributed by atoms with E-state index < -0.39 is 0 Å². The summed E-state index contributed by atoms with van der Waals surface area (Å²) in [4.78, 5) is 8.98. The quantitative estimate of drug-likeness (QED) is 0.746. The zero-order valence-corrected chi connectivity index (χ0v) is 10.4. The second-order valence-electron chi connectivity index (χ2n) is 4.17.